The summed E-state index contributed by atoms with van der Waals surface area (Å²) >= 11 is 2.60. The SMILES string of the molecule is CON(C(=O)C(=N)c1csc(NC(c2ccccc2)(c2ccccc2)c2ccccc2)n1)[C@@H]1C(=O)N2C(C(=O)OC(c3ccccc3)c3ccccc3)=C(CC3CCC(=O)O3)CS[C@H]12. The second-order valence-electron chi connectivity index (χ2n) is 15.5. The standard InChI is InChI=1S/C50H43N5O7S2/c1-60-55(45(57)41(51)39-31-64-49(52-39)53-50(35-21-11-4-12-22-35,36-23-13-5-14-24-36)37-25-15-6-16-26-37)43-46(58)54-42(34(30-63-47(43)54)29-38-27-28-40(56)61-38)48(59)62-44(32-17-7-2-8-18-32)33-19-9-3-10-20-33/h2-26,31,38,43-44,47,51H,27-30H2,1H3,(H,52,53)/t38?,43-,47-/m1/s1. The maximum atomic E-state index is 14.5. The molecule has 1 aromatic heterocycles. The van der Waals surface area contributed by atoms with Crippen LogP contribution < -0.4 is 5.32 Å². The summed E-state index contributed by atoms with van der Waals surface area (Å²) in [4.78, 5) is 67.0. The number of ether oxygens (including phenoxy) is 2. The van der Waals surface area contributed by atoms with E-state index < -0.39 is 52.7 Å². The van der Waals surface area contributed by atoms with E-state index >= 15 is 0 Å². The molecule has 12 nitrogen and oxygen atoms in total. The lowest BCUT2D eigenvalue weighted by molar-refractivity contribution is -0.203. The van der Waals surface area contributed by atoms with Gasteiger partial charge in [0.15, 0.2) is 17.3 Å². The van der Waals surface area contributed by atoms with Crippen LogP contribution in [0.5, 0.6) is 0 Å². The summed E-state index contributed by atoms with van der Waals surface area (Å²) in [5, 5.41) is 15.0. The largest absolute Gasteiger partial charge is 0.462 e. The first kappa shape index (κ1) is 42.4. The molecule has 322 valence electrons. The van der Waals surface area contributed by atoms with Gasteiger partial charge in [0, 0.05) is 24.0 Å². The molecule has 4 heterocycles. The zero-order chi connectivity index (χ0) is 44.2. The Kier molecular flexibility index (Phi) is 12.2. The number of carbonyl (C=O) groups is 4. The summed E-state index contributed by atoms with van der Waals surface area (Å²) < 4.78 is 11.8. The molecule has 3 aliphatic rings. The van der Waals surface area contributed by atoms with E-state index in [4.69, 9.17) is 24.7 Å². The first-order valence-electron chi connectivity index (χ1n) is 20.8. The molecule has 6 aromatic rings. The quantitative estimate of drug-likeness (QED) is 0.0339. The predicted molar refractivity (Wildman–Crippen MR) is 244 cm³/mol. The third kappa shape index (κ3) is 8.11. The third-order valence-corrected chi connectivity index (χ3v) is 13.7. The minimum absolute atomic E-state index is 0.0531. The lowest BCUT2D eigenvalue weighted by Gasteiger charge is -2.52. The van der Waals surface area contributed by atoms with Gasteiger partial charge in [-0.3, -0.25) is 29.5 Å². The second kappa shape index (κ2) is 18.5. The number of amides is 2. The average molecular weight is 890 g/mol. The molecule has 5 aromatic carbocycles. The lowest BCUT2D eigenvalue weighted by Crippen LogP contribution is -2.71. The molecule has 9 rings (SSSR count). The molecule has 2 saturated heterocycles. The average Bonchev–Trinajstić information content (AvgIpc) is 4.00. The number of rotatable bonds is 15. The van der Waals surface area contributed by atoms with Gasteiger partial charge >= 0.3 is 11.9 Å². The number of cyclic esters (lactones) is 1. The Labute approximate surface area is 378 Å². The highest BCUT2D eigenvalue weighted by Gasteiger charge is 2.58. The van der Waals surface area contributed by atoms with Gasteiger partial charge in [0.25, 0.3) is 11.8 Å². The number of hydrogen-bond donors (Lipinski definition) is 2. The van der Waals surface area contributed by atoms with Gasteiger partial charge in [0.2, 0.25) is 0 Å². The number of hydrogen-bond acceptors (Lipinski definition) is 12. The minimum atomic E-state index is -1.17. The molecule has 0 spiro atoms. The van der Waals surface area contributed by atoms with Crippen molar-refractivity contribution in [3.05, 3.63) is 202 Å². The van der Waals surface area contributed by atoms with Crippen LogP contribution in [-0.4, -0.2) is 74.8 Å². The molecule has 1 unspecified atom stereocenters. The van der Waals surface area contributed by atoms with Crippen molar-refractivity contribution in [2.75, 3.05) is 18.2 Å². The summed E-state index contributed by atoms with van der Waals surface area (Å²) in [7, 11) is 1.27. The molecule has 0 bridgehead atoms. The number of thiazole rings is 1. The zero-order valence-corrected chi connectivity index (χ0v) is 36.3. The summed E-state index contributed by atoms with van der Waals surface area (Å²) in [5.74, 6) is -2.20. The van der Waals surface area contributed by atoms with Crippen molar-refractivity contribution in [3.8, 4) is 0 Å². The second-order valence-corrected chi connectivity index (χ2v) is 17.4. The fraction of sp³-hybridized carbons (Fsp3) is 0.200. The van der Waals surface area contributed by atoms with Crippen molar-refractivity contribution in [1.82, 2.24) is 14.9 Å². The van der Waals surface area contributed by atoms with Crippen LogP contribution in [0, 0.1) is 5.41 Å². The van der Waals surface area contributed by atoms with Crippen LogP contribution in [0.15, 0.2) is 168 Å². The number of anilines is 1. The van der Waals surface area contributed by atoms with Crippen molar-refractivity contribution in [1.29, 1.82) is 5.41 Å². The fourth-order valence-corrected chi connectivity index (χ4v) is 10.7. The van der Waals surface area contributed by atoms with Crippen LogP contribution in [0.3, 0.4) is 0 Å². The Bertz CT molecular complexity index is 2570. The number of nitrogens with one attached hydrogen (secondary N) is 2. The van der Waals surface area contributed by atoms with E-state index in [1.54, 1.807) is 5.38 Å². The van der Waals surface area contributed by atoms with E-state index in [0.717, 1.165) is 32.9 Å². The number of thioether (sulfide) groups is 1. The summed E-state index contributed by atoms with van der Waals surface area (Å²) in [5.41, 5.74) is 3.73. The third-order valence-electron chi connectivity index (χ3n) is 11.6. The van der Waals surface area contributed by atoms with Crippen LogP contribution in [-0.2, 0) is 39.0 Å². The number of fused-ring (bicyclic) bond motifs is 1. The van der Waals surface area contributed by atoms with Gasteiger partial charge in [-0.15, -0.1) is 23.1 Å². The van der Waals surface area contributed by atoms with Gasteiger partial charge in [-0.2, -0.15) is 0 Å². The molecule has 14 heteroatoms. The van der Waals surface area contributed by atoms with Crippen molar-refractivity contribution in [3.63, 3.8) is 0 Å². The molecule has 64 heavy (non-hydrogen) atoms. The zero-order valence-electron chi connectivity index (χ0n) is 34.7. The van der Waals surface area contributed by atoms with E-state index in [0.29, 0.717) is 22.9 Å². The molecule has 3 atom stereocenters. The Morgan fingerprint density at radius 2 is 1.38 bits per heavy atom. The molecule has 0 saturated carbocycles. The Hall–Kier alpha value is -6.87. The van der Waals surface area contributed by atoms with Crippen LogP contribution in [0.25, 0.3) is 0 Å². The van der Waals surface area contributed by atoms with Crippen molar-refractivity contribution >= 4 is 57.7 Å². The maximum Gasteiger partial charge on any atom is 0.356 e. The fourth-order valence-electron chi connectivity index (χ4n) is 8.57. The van der Waals surface area contributed by atoms with E-state index in [2.05, 4.69) is 5.32 Å². The highest BCUT2D eigenvalue weighted by Crippen LogP contribution is 2.46. The van der Waals surface area contributed by atoms with E-state index in [1.165, 1.54) is 35.1 Å². The van der Waals surface area contributed by atoms with Crippen molar-refractivity contribution in [2.45, 2.75) is 48.4 Å². The Morgan fingerprint density at radius 1 is 0.844 bits per heavy atom. The monoisotopic (exact) mass is 889 g/mol. The first-order valence-corrected chi connectivity index (χ1v) is 22.7. The van der Waals surface area contributed by atoms with Gasteiger partial charge in [-0.05, 0) is 39.8 Å². The number of esters is 2. The summed E-state index contributed by atoms with van der Waals surface area (Å²) in [6.45, 7) is 0. The molecule has 3 aliphatic heterocycles. The summed E-state index contributed by atoms with van der Waals surface area (Å²) in [6, 6.07) is 47.5. The predicted octanol–water partition coefficient (Wildman–Crippen LogP) is 8.27. The van der Waals surface area contributed by atoms with Crippen molar-refractivity contribution < 1.29 is 33.5 Å². The number of hydroxylamine groups is 2. The molecule has 0 radical (unpaired) electrons. The highest BCUT2D eigenvalue weighted by atomic mass is 32.2. The molecular formula is C50H43N5O7S2. The smallest absolute Gasteiger partial charge is 0.356 e. The number of benzene rings is 5. The normalized spacial score (nSPS) is 18.2. The minimum Gasteiger partial charge on any atom is -0.462 e. The molecule has 0 aliphatic carbocycles. The van der Waals surface area contributed by atoms with Crippen LogP contribution in [0.4, 0.5) is 5.13 Å². The van der Waals surface area contributed by atoms with E-state index in [1.807, 2.05) is 152 Å². The summed E-state index contributed by atoms with van der Waals surface area (Å²) in [6.07, 6.45) is -0.254. The van der Waals surface area contributed by atoms with Crippen LogP contribution in [0.1, 0.15) is 58.9 Å². The van der Waals surface area contributed by atoms with Gasteiger partial charge in [-0.25, -0.2) is 14.8 Å². The van der Waals surface area contributed by atoms with Gasteiger partial charge < -0.3 is 14.8 Å². The number of nitrogens with zero attached hydrogens (tertiary/aromatic N) is 3. The Morgan fingerprint density at radius 3 is 1.88 bits per heavy atom. The number of β-lactam (4-membered cyclic amide) rings is 1. The van der Waals surface area contributed by atoms with Gasteiger partial charge in [0.1, 0.15) is 34.1 Å². The topological polar surface area (TPSA) is 151 Å². The molecule has 2 amide bonds. The Balaban J connectivity index is 0.986. The van der Waals surface area contributed by atoms with E-state index in [-0.39, 0.29) is 30.2 Å². The van der Waals surface area contributed by atoms with Crippen molar-refractivity contribution in [2.24, 2.45) is 0 Å². The maximum absolute atomic E-state index is 14.5. The van der Waals surface area contributed by atoms with Gasteiger partial charge in [-0.1, -0.05) is 152 Å². The molecular weight excluding hydrogens is 847 g/mol. The molecule has 2 N–H and O–H groups in total. The first-order chi connectivity index (χ1) is 31.3. The van der Waals surface area contributed by atoms with Gasteiger partial charge in [0.05, 0.1) is 7.11 Å². The highest BCUT2D eigenvalue weighted by molar-refractivity contribution is 8.00. The van der Waals surface area contributed by atoms with Crippen LogP contribution >= 0.6 is 23.1 Å². The van der Waals surface area contributed by atoms with Crippen LogP contribution in [0.2, 0.25) is 0 Å². The molecule has 2 fully saturated rings. The number of aromatic nitrogens is 1. The lowest BCUT2D eigenvalue weighted by atomic mass is 9.77. The van der Waals surface area contributed by atoms with E-state index in [9.17, 15) is 19.2 Å². The number of carbonyl (C=O) groups excluding carboxylic acids is 4.